The Morgan fingerprint density at radius 1 is 1.12 bits per heavy atom. The van der Waals surface area contributed by atoms with Crippen molar-refractivity contribution in [3.63, 3.8) is 0 Å². The summed E-state index contributed by atoms with van der Waals surface area (Å²) in [6.07, 6.45) is 0.806. The molecule has 0 spiro atoms. The monoisotopic (exact) mass is 522 g/mol. The topological polar surface area (TPSA) is 58.6 Å². The first-order valence-corrected chi connectivity index (χ1v) is 12.1. The number of halogens is 2. The summed E-state index contributed by atoms with van der Waals surface area (Å²) in [4.78, 5) is 27.5. The number of carbonyl (C=O) groups is 2. The van der Waals surface area contributed by atoms with Gasteiger partial charge in [0.2, 0.25) is 5.91 Å². The minimum atomic E-state index is -0.678. The van der Waals surface area contributed by atoms with Crippen LogP contribution < -0.4 is 10.1 Å². The molecule has 0 aliphatic heterocycles. The molecule has 0 saturated heterocycles. The van der Waals surface area contributed by atoms with Crippen molar-refractivity contribution in [2.24, 2.45) is 0 Å². The van der Waals surface area contributed by atoms with Crippen LogP contribution in [0.5, 0.6) is 5.75 Å². The van der Waals surface area contributed by atoms with E-state index in [0.717, 1.165) is 16.5 Å². The molecule has 2 atom stereocenters. The van der Waals surface area contributed by atoms with Gasteiger partial charge in [-0.05, 0) is 71.4 Å². The third-order valence-electron chi connectivity index (χ3n) is 5.44. The van der Waals surface area contributed by atoms with Gasteiger partial charge in [-0.15, -0.1) is 0 Å². The second-order valence-electron chi connectivity index (χ2n) is 8.24. The van der Waals surface area contributed by atoms with E-state index in [0.29, 0.717) is 16.7 Å². The minimum absolute atomic E-state index is 0.0221. The van der Waals surface area contributed by atoms with Crippen molar-refractivity contribution in [3.8, 4) is 5.75 Å². The molecule has 2 amide bonds. The van der Waals surface area contributed by atoms with Crippen molar-refractivity contribution in [1.29, 1.82) is 0 Å². The first-order chi connectivity index (χ1) is 15.1. The van der Waals surface area contributed by atoms with Gasteiger partial charge in [-0.2, -0.15) is 0 Å². The Labute approximate surface area is 204 Å². The lowest BCUT2D eigenvalue weighted by molar-refractivity contribution is -0.142. The van der Waals surface area contributed by atoms with Gasteiger partial charge in [-0.3, -0.25) is 9.59 Å². The zero-order chi connectivity index (χ0) is 23.8. The summed E-state index contributed by atoms with van der Waals surface area (Å²) in [6.45, 7) is 9.91. The van der Waals surface area contributed by atoms with Gasteiger partial charge in [-0.25, -0.2) is 0 Å². The Hall–Kier alpha value is -2.05. The van der Waals surface area contributed by atoms with E-state index in [1.54, 1.807) is 13.0 Å². The number of nitrogens with zero attached hydrogens (tertiary/aromatic N) is 1. The number of benzene rings is 2. The zero-order valence-corrected chi connectivity index (χ0v) is 21.7. The van der Waals surface area contributed by atoms with Gasteiger partial charge >= 0.3 is 0 Å². The molecule has 0 aliphatic carbocycles. The Morgan fingerprint density at radius 3 is 2.41 bits per heavy atom. The lowest BCUT2D eigenvalue weighted by Crippen LogP contribution is -2.50. The van der Waals surface area contributed by atoms with E-state index in [-0.39, 0.29) is 31.0 Å². The maximum absolute atomic E-state index is 13.2. The van der Waals surface area contributed by atoms with Crippen molar-refractivity contribution in [1.82, 2.24) is 10.2 Å². The summed E-state index contributed by atoms with van der Waals surface area (Å²) >= 11 is 9.84. The lowest BCUT2D eigenvalue weighted by Gasteiger charge is -2.30. The maximum atomic E-state index is 13.2. The van der Waals surface area contributed by atoms with Crippen LogP contribution in [0.3, 0.4) is 0 Å². The molecule has 0 heterocycles. The van der Waals surface area contributed by atoms with Gasteiger partial charge < -0.3 is 15.0 Å². The summed E-state index contributed by atoms with van der Waals surface area (Å²) in [7, 11) is 0. The Morgan fingerprint density at radius 2 is 1.81 bits per heavy atom. The fourth-order valence-corrected chi connectivity index (χ4v) is 3.78. The van der Waals surface area contributed by atoms with Crippen LogP contribution in [0.15, 0.2) is 46.9 Å². The number of ether oxygens (including phenoxy) is 1. The second-order valence-corrected chi connectivity index (χ2v) is 9.50. The number of amides is 2. The average molecular weight is 524 g/mol. The van der Waals surface area contributed by atoms with E-state index in [9.17, 15) is 9.59 Å². The molecule has 0 aromatic heterocycles. The third kappa shape index (κ3) is 7.24. The predicted octanol–water partition coefficient (Wildman–Crippen LogP) is 5.94. The van der Waals surface area contributed by atoms with Crippen molar-refractivity contribution >= 4 is 39.3 Å². The molecule has 174 valence electrons. The quantitative estimate of drug-likeness (QED) is 0.419. The highest BCUT2D eigenvalue weighted by atomic mass is 79.9. The van der Waals surface area contributed by atoms with Crippen molar-refractivity contribution in [3.05, 3.63) is 63.1 Å². The third-order valence-corrected chi connectivity index (χ3v) is 6.43. The standard InChI is InChI=1S/C25H32BrClN2O3/c1-6-17(4)28-25(31)18(5)29(14-20-9-7-8-10-22(20)27)24(30)15-32-23-12-11-19(16(2)3)13-21(23)26/h7-13,16-18H,6,14-15H2,1-5H3,(H,28,31)/t17-,18+/m0/s1. The summed E-state index contributed by atoms with van der Waals surface area (Å²) in [5.74, 6) is 0.467. The molecule has 5 nitrogen and oxygen atoms in total. The highest BCUT2D eigenvalue weighted by molar-refractivity contribution is 9.10. The normalized spacial score (nSPS) is 12.9. The molecule has 32 heavy (non-hydrogen) atoms. The first kappa shape index (κ1) is 26.2. The Balaban J connectivity index is 2.19. The van der Waals surface area contributed by atoms with E-state index in [4.69, 9.17) is 16.3 Å². The fraction of sp³-hybridized carbons (Fsp3) is 0.440. The van der Waals surface area contributed by atoms with Gasteiger partial charge in [0.1, 0.15) is 11.8 Å². The van der Waals surface area contributed by atoms with Crippen LogP contribution in [-0.4, -0.2) is 35.4 Å². The fourth-order valence-electron chi connectivity index (χ4n) is 3.07. The molecule has 2 rings (SSSR count). The van der Waals surface area contributed by atoms with Crippen LogP contribution in [0, 0.1) is 0 Å². The molecule has 1 N–H and O–H groups in total. The van der Waals surface area contributed by atoms with Crippen LogP contribution in [0.4, 0.5) is 0 Å². The molecule has 0 saturated carbocycles. The highest BCUT2D eigenvalue weighted by Gasteiger charge is 2.27. The molecule has 0 unspecified atom stereocenters. The summed E-state index contributed by atoms with van der Waals surface area (Å²) in [5, 5.41) is 3.50. The molecule has 7 heteroatoms. The van der Waals surface area contributed by atoms with Crippen LogP contribution in [-0.2, 0) is 16.1 Å². The van der Waals surface area contributed by atoms with Gasteiger partial charge in [0.25, 0.3) is 5.91 Å². The van der Waals surface area contributed by atoms with Gasteiger partial charge in [0.15, 0.2) is 6.61 Å². The number of rotatable bonds is 10. The molecule has 2 aromatic rings. The highest BCUT2D eigenvalue weighted by Crippen LogP contribution is 2.29. The maximum Gasteiger partial charge on any atom is 0.261 e. The minimum Gasteiger partial charge on any atom is -0.483 e. The molecular weight excluding hydrogens is 492 g/mol. The Bertz CT molecular complexity index is 935. The van der Waals surface area contributed by atoms with Crippen molar-refractivity contribution < 1.29 is 14.3 Å². The van der Waals surface area contributed by atoms with Crippen LogP contribution in [0.2, 0.25) is 5.02 Å². The molecule has 2 aromatic carbocycles. The van der Waals surface area contributed by atoms with E-state index in [2.05, 4.69) is 35.1 Å². The number of hydrogen-bond donors (Lipinski definition) is 1. The lowest BCUT2D eigenvalue weighted by atomic mass is 10.0. The molecule has 0 aliphatic rings. The molecule has 0 fully saturated rings. The van der Waals surface area contributed by atoms with Gasteiger partial charge in [0, 0.05) is 17.6 Å². The average Bonchev–Trinajstić information content (AvgIpc) is 2.76. The molecule has 0 radical (unpaired) electrons. The molecule has 0 bridgehead atoms. The number of carbonyl (C=O) groups excluding carboxylic acids is 2. The van der Waals surface area contributed by atoms with Crippen molar-refractivity contribution in [2.75, 3.05) is 6.61 Å². The first-order valence-electron chi connectivity index (χ1n) is 10.9. The zero-order valence-electron chi connectivity index (χ0n) is 19.3. The van der Waals surface area contributed by atoms with E-state index in [1.165, 1.54) is 10.5 Å². The van der Waals surface area contributed by atoms with E-state index >= 15 is 0 Å². The van der Waals surface area contributed by atoms with E-state index in [1.807, 2.05) is 50.2 Å². The smallest absolute Gasteiger partial charge is 0.261 e. The van der Waals surface area contributed by atoms with Crippen LogP contribution in [0.1, 0.15) is 58.1 Å². The van der Waals surface area contributed by atoms with Crippen LogP contribution in [0.25, 0.3) is 0 Å². The predicted molar refractivity (Wildman–Crippen MR) is 133 cm³/mol. The summed E-state index contributed by atoms with van der Waals surface area (Å²) in [5.41, 5.74) is 1.94. The second kappa shape index (κ2) is 12.3. The summed E-state index contributed by atoms with van der Waals surface area (Å²) in [6, 6.07) is 12.5. The van der Waals surface area contributed by atoms with Gasteiger partial charge in [-0.1, -0.05) is 56.6 Å². The van der Waals surface area contributed by atoms with Crippen LogP contribution >= 0.6 is 27.5 Å². The molecular formula is C25H32BrClN2O3. The number of hydrogen-bond acceptors (Lipinski definition) is 3. The van der Waals surface area contributed by atoms with Gasteiger partial charge in [0.05, 0.1) is 4.47 Å². The Kier molecular flexibility index (Phi) is 10.0. The van der Waals surface area contributed by atoms with Crippen molar-refractivity contribution in [2.45, 2.75) is 65.6 Å². The largest absolute Gasteiger partial charge is 0.483 e. The van der Waals surface area contributed by atoms with E-state index < -0.39 is 6.04 Å². The SMILES string of the molecule is CC[C@H](C)NC(=O)[C@@H](C)N(Cc1ccccc1Cl)C(=O)COc1ccc(C(C)C)cc1Br. The number of nitrogens with one attached hydrogen (secondary N) is 1. The summed E-state index contributed by atoms with van der Waals surface area (Å²) < 4.78 is 6.60.